The van der Waals surface area contributed by atoms with Crippen LogP contribution in [0.5, 0.6) is 0 Å². The second-order valence-corrected chi connectivity index (χ2v) is 4.08. The van der Waals surface area contributed by atoms with E-state index in [2.05, 4.69) is 16.0 Å². The summed E-state index contributed by atoms with van der Waals surface area (Å²) in [5.41, 5.74) is 2.20. The zero-order valence-electron chi connectivity index (χ0n) is 8.97. The van der Waals surface area contributed by atoms with Crippen molar-refractivity contribution in [1.29, 1.82) is 5.26 Å². The van der Waals surface area contributed by atoms with E-state index in [-0.39, 0.29) is 17.0 Å². The molecule has 0 bridgehead atoms. The van der Waals surface area contributed by atoms with E-state index in [1.807, 2.05) is 24.3 Å². The van der Waals surface area contributed by atoms with Crippen LogP contribution in [0.15, 0.2) is 35.3 Å². The van der Waals surface area contributed by atoms with E-state index in [9.17, 15) is 4.79 Å². The lowest BCUT2D eigenvalue weighted by atomic mass is 9.77. The molecule has 0 radical (unpaired) electrons. The molecule has 4 nitrogen and oxygen atoms in total. The summed E-state index contributed by atoms with van der Waals surface area (Å²) < 4.78 is 0. The van der Waals surface area contributed by atoms with Crippen molar-refractivity contribution in [2.75, 3.05) is 0 Å². The molecule has 0 amide bonds. The maximum absolute atomic E-state index is 11.5. The Morgan fingerprint density at radius 2 is 2.24 bits per heavy atom. The fourth-order valence-electron chi connectivity index (χ4n) is 2.17. The molecule has 0 fully saturated rings. The van der Waals surface area contributed by atoms with E-state index in [0.717, 1.165) is 6.42 Å². The number of aromatic amines is 1. The van der Waals surface area contributed by atoms with Gasteiger partial charge in [0.2, 0.25) is 0 Å². The summed E-state index contributed by atoms with van der Waals surface area (Å²) in [6.07, 6.45) is 2.24. The van der Waals surface area contributed by atoms with E-state index < -0.39 is 0 Å². The molecule has 0 spiro atoms. The van der Waals surface area contributed by atoms with Gasteiger partial charge in [-0.3, -0.25) is 4.79 Å². The van der Waals surface area contributed by atoms with Crippen molar-refractivity contribution in [2.45, 2.75) is 12.3 Å². The Morgan fingerprint density at radius 3 is 2.94 bits per heavy atom. The fraction of sp³-hybridized carbons (Fsp3) is 0.154. The van der Waals surface area contributed by atoms with Crippen LogP contribution in [0.1, 0.15) is 28.4 Å². The van der Waals surface area contributed by atoms with Crippen molar-refractivity contribution in [3.8, 4) is 6.07 Å². The van der Waals surface area contributed by atoms with E-state index in [1.165, 1.54) is 17.3 Å². The average molecular weight is 223 g/mol. The summed E-state index contributed by atoms with van der Waals surface area (Å²) in [6, 6.07) is 9.91. The molecule has 0 aliphatic heterocycles. The highest BCUT2D eigenvalue weighted by molar-refractivity contribution is 5.44. The second-order valence-electron chi connectivity index (χ2n) is 4.08. The van der Waals surface area contributed by atoms with Gasteiger partial charge in [0.1, 0.15) is 17.5 Å². The van der Waals surface area contributed by atoms with Crippen molar-refractivity contribution < 1.29 is 0 Å². The number of H-pyrrole nitrogens is 1. The van der Waals surface area contributed by atoms with Crippen LogP contribution >= 0.6 is 0 Å². The normalized spacial score (nSPS) is 16.8. The van der Waals surface area contributed by atoms with Crippen LogP contribution in [0.25, 0.3) is 0 Å². The Balaban J connectivity index is 2.02. The minimum Gasteiger partial charge on any atom is -0.309 e. The summed E-state index contributed by atoms with van der Waals surface area (Å²) in [5, 5.41) is 8.67. The molecule has 1 N–H and O–H groups in total. The Bertz CT molecular complexity index is 682. The van der Waals surface area contributed by atoms with Crippen LogP contribution in [0.2, 0.25) is 0 Å². The van der Waals surface area contributed by atoms with Crippen molar-refractivity contribution >= 4 is 0 Å². The van der Waals surface area contributed by atoms with E-state index in [0.29, 0.717) is 5.82 Å². The summed E-state index contributed by atoms with van der Waals surface area (Å²) in [7, 11) is 0. The number of rotatable bonds is 1. The highest BCUT2D eigenvalue weighted by Gasteiger charge is 2.28. The molecule has 17 heavy (non-hydrogen) atoms. The number of hydrogen-bond donors (Lipinski definition) is 1. The van der Waals surface area contributed by atoms with Gasteiger partial charge in [-0.25, -0.2) is 4.98 Å². The van der Waals surface area contributed by atoms with Gasteiger partial charge in [0, 0.05) is 5.92 Å². The van der Waals surface area contributed by atoms with Crippen molar-refractivity contribution in [3.63, 3.8) is 0 Å². The van der Waals surface area contributed by atoms with Gasteiger partial charge in [-0.2, -0.15) is 5.26 Å². The predicted octanol–water partition coefficient (Wildman–Crippen LogP) is 1.33. The number of benzene rings is 1. The average Bonchev–Trinajstić information content (AvgIpc) is 2.31. The standard InChI is InChI=1S/C13H9N3O/c14-6-9-7-15-12(16-13(9)17)11-5-8-3-1-2-4-10(8)11/h1-4,7,11H,5H2,(H,15,16,17). The van der Waals surface area contributed by atoms with Gasteiger partial charge in [0.05, 0.1) is 6.20 Å². The van der Waals surface area contributed by atoms with Gasteiger partial charge in [-0.05, 0) is 17.5 Å². The molecule has 1 aliphatic carbocycles. The fourth-order valence-corrected chi connectivity index (χ4v) is 2.17. The maximum Gasteiger partial charge on any atom is 0.268 e. The first kappa shape index (κ1) is 9.79. The van der Waals surface area contributed by atoms with Crippen LogP contribution in [-0.4, -0.2) is 9.97 Å². The van der Waals surface area contributed by atoms with E-state index >= 15 is 0 Å². The van der Waals surface area contributed by atoms with Crippen LogP contribution in [-0.2, 0) is 6.42 Å². The summed E-state index contributed by atoms with van der Waals surface area (Å²) in [5.74, 6) is 0.805. The van der Waals surface area contributed by atoms with E-state index in [4.69, 9.17) is 5.26 Å². The number of aromatic nitrogens is 2. The lowest BCUT2D eigenvalue weighted by Gasteiger charge is -2.28. The summed E-state index contributed by atoms with van der Waals surface area (Å²) >= 11 is 0. The molecular weight excluding hydrogens is 214 g/mol. The molecule has 1 aromatic carbocycles. The number of nitrogens with one attached hydrogen (secondary N) is 1. The molecule has 3 rings (SSSR count). The maximum atomic E-state index is 11.5. The minimum atomic E-state index is -0.359. The van der Waals surface area contributed by atoms with Gasteiger partial charge in [-0.1, -0.05) is 24.3 Å². The second kappa shape index (κ2) is 3.56. The molecule has 1 aliphatic rings. The summed E-state index contributed by atoms with van der Waals surface area (Å²) in [4.78, 5) is 18.3. The molecule has 0 saturated carbocycles. The Labute approximate surface area is 97.6 Å². The largest absolute Gasteiger partial charge is 0.309 e. The number of fused-ring (bicyclic) bond motifs is 1. The summed E-state index contributed by atoms with van der Waals surface area (Å²) in [6.45, 7) is 0. The zero-order chi connectivity index (χ0) is 11.8. The minimum absolute atomic E-state index is 0.0568. The Hall–Kier alpha value is -2.41. The Kier molecular flexibility index (Phi) is 2.05. The topological polar surface area (TPSA) is 69.5 Å². The van der Waals surface area contributed by atoms with Crippen LogP contribution in [0.3, 0.4) is 0 Å². The smallest absolute Gasteiger partial charge is 0.268 e. The van der Waals surface area contributed by atoms with Crippen molar-refractivity contribution in [3.05, 3.63) is 63.3 Å². The van der Waals surface area contributed by atoms with Gasteiger partial charge >= 0.3 is 0 Å². The molecule has 0 saturated heterocycles. The monoisotopic (exact) mass is 223 g/mol. The first-order valence-electron chi connectivity index (χ1n) is 5.36. The van der Waals surface area contributed by atoms with E-state index in [1.54, 1.807) is 0 Å². The van der Waals surface area contributed by atoms with Crippen LogP contribution in [0.4, 0.5) is 0 Å². The Morgan fingerprint density at radius 1 is 1.41 bits per heavy atom. The van der Waals surface area contributed by atoms with Gasteiger partial charge in [0.15, 0.2) is 0 Å². The lowest BCUT2D eigenvalue weighted by Crippen LogP contribution is -2.24. The molecule has 4 heteroatoms. The zero-order valence-corrected chi connectivity index (χ0v) is 8.97. The lowest BCUT2D eigenvalue weighted by molar-refractivity contribution is 0.655. The third-order valence-corrected chi connectivity index (χ3v) is 3.12. The van der Waals surface area contributed by atoms with Crippen LogP contribution < -0.4 is 5.56 Å². The molecule has 1 aromatic heterocycles. The quantitative estimate of drug-likeness (QED) is 0.792. The highest BCUT2D eigenvalue weighted by Crippen LogP contribution is 2.37. The number of nitriles is 1. The first-order valence-corrected chi connectivity index (χ1v) is 5.36. The van der Waals surface area contributed by atoms with Crippen molar-refractivity contribution in [2.24, 2.45) is 0 Å². The molecule has 1 atom stereocenters. The molecule has 1 unspecified atom stereocenters. The SMILES string of the molecule is N#Cc1cnc(C2Cc3ccccc32)[nH]c1=O. The van der Waals surface area contributed by atoms with Crippen molar-refractivity contribution in [1.82, 2.24) is 9.97 Å². The highest BCUT2D eigenvalue weighted by atomic mass is 16.1. The number of nitrogens with zero attached hydrogens (tertiary/aromatic N) is 2. The van der Waals surface area contributed by atoms with Gasteiger partial charge in [-0.15, -0.1) is 0 Å². The molecular formula is C13H9N3O. The predicted molar refractivity (Wildman–Crippen MR) is 61.6 cm³/mol. The first-order chi connectivity index (χ1) is 8.29. The third-order valence-electron chi connectivity index (χ3n) is 3.12. The molecule has 2 aromatic rings. The molecule has 82 valence electrons. The van der Waals surface area contributed by atoms with Gasteiger partial charge < -0.3 is 4.98 Å². The van der Waals surface area contributed by atoms with Gasteiger partial charge in [0.25, 0.3) is 5.56 Å². The van der Waals surface area contributed by atoms with Crippen LogP contribution in [0, 0.1) is 11.3 Å². The molecule has 1 heterocycles. The number of hydrogen-bond acceptors (Lipinski definition) is 3. The third kappa shape index (κ3) is 1.44.